The molecule has 0 spiro atoms. The summed E-state index contributed by atoms with van der Waals surface area (Å²) in [6.45, 7) is 0. The Kier molecular flexibility index (Phi) is 4.93. The van der Waals surface area contributed by atoms with Crippen LogP contribution in [-0.2, 0) is 4.79 Å². The van der Waals surface area contributed by atoms with Crippen molar-refractivity contribution < 1.29 is 9.90 Å². The van der Waals surface area contributed by atoms with Crippen LogP contribution in [0.2, 0.25) is 5.32 Å². The number of rotatable bonds is 3. The van der Waals surface area contributed by atoms with Gasteiger partial charge in [-0.05, 0) is 0 Å². The Morgan fingerprint density at radius 2 is 2.50 bits per heavy atom. The number of carboxylic acid groups (broad SMARTS) is 1. The van der Waals surface area contributed by atoms with E-state index in [4.69, 9.17) is 5.11 Å². The van der Waals surface area contributed by atoms with Gasteiger partial charge in [0, 0.05) is 0 Å². The molecule has 0 radical (unpaired) electrons. The zero-order valence-electron chi connectivity index (χ0n) is 3.97. The maximum atomic E-state index is 10.1. The predicted octanol–water partition coefficient (Wildman–Crippen LogP) is -0.302. The number of hydrogen-bond donors (Lipinski definition) is 2. The average Bonchev–Trinajstić information content (AvgIpc) is 1.69. The standard InChI is InChI=1S/C3H6INO2Se/c4-5-2(1-8)3(6)7/h2,5,8H,1H2,(H,6,7)/t2-/m1/s1. The van der Waals surface area contributed by atoms with E-state index in [2.05, 4.69) is 19.5 Å². The third kappa shape index (κ3) is 2.86. The van der Waals surface area contributed by atoms with Gasteiger partial charge in [0.05, 0.1) is 0 Å². The fourth-order valence-electron chi connectivity index (χ4n) is 0.159. The molecule has 0 aromatic rings. The van der Waals surface area contributed by atoms with Gasteiger partial charge < -0.3 is 0 Å². The second-order valence-corrected chi connectivity index (χ2v) is 2.57. The van der Waals surface area contributed by atoms with Crippen molar-refractivity contribution in [1.82, 2.24) is 3.53 Å². The van der Waals surface area contributed by atoms with Crippen LogP contribution in [0.15, 0.2) is 0 Å². The molecule has 5 heteroatoms. The van der Waals surface area contributed by atoms with E-state index < -0.39 is 12.0 Å². The molecule has 0 aromatic carbocycles. The topological polar surface area (TPSA) is 49.3 Å². The first-order valence-corrected chi connectivity index (χ1v) is 4.32. The summed E-state index contributed by atoms with van der Waals surface area (Å²) in [5, 5.41) is 8.86. The molecule has 3 nitrogen and oxygen atoms in total. The van der Waals surface area contributed by atoms with E-state index in [1.54, 1.807) is 0 Å². The van der Waals surface area contributed by atoms with Gasteiger partial charge in [-0.1, -0.05) is 0 Å². The Labute approximate surface area is 69.5 Å². The summed E-state index contributed by atoms with van der Waals surface area (Å²) >= 11 is 4.05. The number of carboxylic acids is 1. The molecule has 0 aliphatic rings. The molecule has 0 fully saturated rings. The molecule has 0 aliphatic heterocycles. The van der Waals surface area contributed by atoms with Crippen molar-refractivity contribution in [3.05, 3.63) is 0 Å². The van der Waals surface area contributed by atoms with E-state index in [0.717, 1.165) is 0 Å². The molecule has 0 saturated heterocycles. The zero-order valence-corrected chi connectivity index (χ0v) is 8.00. The van der Waals surface area contributed by atoms with Gasteiger partial charge in [0.25, 0.3) is 0 Å². The molecule has 0 bridgehead atoms. The molecule has 8 heavy (non-hydrogen) atoms. The minimum atomic E-state index is -0.806. The second kappa shape index (κ2) is 4.55. The van der Waals surface area contributed by atoms with Crippen molar-refractivity contribution >= 4 is 44.8 Å². The quantitative estimate of drug-likeness (QED) is 0.427. The summed E-state index contributed by atoms with van der Waals surface area (Å²) in [5.74, 6) is -0.806. The fourth-order valence-corrected chi connectivity index (χ4v) is 1.92. The Hall–Kier alpha value is 0.679. The van der Waals surface area contributed by atoms with Crippen LogP contribution in [0.4, 0.5) is 0 Å². The average molecular weight is 294 g/mol. The molecule has 0 heterocycles. The molecule has 0 amide bonds. The van der Waals surface area contributed by atoms with Crippen LogP contribution < -0.4 is 3.53 Å². The summed E-state index contributed by atoms with van der Waals surface area (Å²) in [5.41, 5.74) is 0. The summed E-state index contributed by atoms with van der Waals surface area (Å²) < 4.78 is 2.61. The molecule has 0 aliphatic carbocycles. The summed E-state index contributed by atoms with van der Waals surface area (Å²) in [4.78, 5) is 10.1. The van der Waals surface area contributed by atoms with Crippen molar-refractivity contribution in [2.75, 3.05) is 0 Å². The molecule has 2 N–H and O–H groups in total. The van der Waals surface area contributed by atoms with Crippen LogP contribution in [0.3, 0.4) is 0 Å². The molecule has 1 atom stereocenters. The number of carbonyl (C=O) groups is 1. The van der Waals surface area contributed by atoms with Crippen LogP contribution in [-0.4, -0.2) is 33.1 Å². The monoisotopic (exact) mass is 295 g/mol. The summed E-state index contributed by atoms with van der Waals surface area (Å²) in [7, 11) is 0. The van der Waals surface area contributed by atoms with Gasteiger partial charge in [0.2, 0.25) is 0 Å². The molecule has 48 valence electrons. The van der Waals surface area contributed by atoms with E-state index in [0.29, 0.717) is 5.32 Å². The van der Waals surface area contributed by atoms with Crippen LogP contribution in [0.5, 0.6) is 0 Å². The number of hydrogen-bond acceptors (Lipinski definition) is 2. The van der Waals surface area contributed by atoms with Gasteiger partial charge >= 0.3 is 69.6 Å². The number of nitrogens with one attached hydrogen (secondary N) is 1. The van der Waals surface area contributed by atoms with E-state index in [1.807, 2.05) is 22.9 Å². The zero-order chi connectivity index (χ0) is 6.57. The Balaban J connectivity index is 3.52. The van der Waals surface area contributed by atoms with Crippen molar-refractivity contribution in [3.8, 4) is 0 Å². The molecule has 0 saturated carbocycles. The minimum absolute atomic E-state index is 0.421. The van der Waals surface area contributed by atoms with E-state index in [9.17, 15) is 4.79 Å². The predicted molar refractivity (Wildman–Crippen MR) is 40.5 cm³/mol. The van der Waals surface area contributed by atoms with Gasteiger partial charge in [-0.15, -0.1) is 0 Å². The van der Waals surface area contributed by atoms with Crippen molar-refractivity contribution in [1.29, 1.82) is 0 Å². The van der Waals surface area contributed by atoms with Gasteiger partial charge in [0.15, 0.2) is 0 Å². The Bertz CT molecular complexity index is 85.4. The first kappa shape index (κ1) is 8.68. The van der Waals surface area contributed by atoms with Crippen LogP contribution in [0.25, 0.3) is 0 Å². The summed E-state index contributed by atoms with van der Waals surface area (Å²) in [6, 6.07) is -0.421. The van der Waals surface area contributed by atoms with Crippen molar-refractivity contribution in [3.63, 3.8) is 0 Å². The second-order valence-electron chi connectivity index (χ2n) is 1.18. The first-order chi connectivity index (χ1) is 3.72. The van der Waals surface area contributed by atoms with Gasteiger partial charge in [-0.2, -0.15) is 0 Å². The van der Waals surface area contributed by atoms with Crippen molar-refractivity contribution in [2.24, 2.45) is 0 Å². The Morgan fingerprint density at radius 3 is 2.50 bits per heavy atom. The third-order valence-corrected chi connectivity index (χ3v) is 2.13. The Morgan fingerprint density at radius 1 is 2.00 bits per heavy atom. The number of aliphatic carboxylic acids is 1. The molecule has 0 aromatic heterocycles. The van der Waals surface area contributed by atoms with Crippen LogP contribution >= 0.6 is 22.9 Å². The summed E-state index contributed by atoms with van der Waals surface area (Å²) in [6.07, 6.45) is 0. The first-order valence-electron chi connectivity index (χ1n) is 1.92. The molecular formula is C3H6INO2Se. The molecule has 0 rings (SSSR count). The van der Waals surface area contributed by atoms with Gasteiger partial charge in [-0.25, -0.2) is 0 Å². The van der Waals surface area contributed by atoms with E-state index >= 15 is 0 Å². The number of halogens is 1. The SMILES string of the molecule is O=C(O)[C@@H](C[SeH])NI. The van der Waals surface area contributed by atoms with Crippen LogP contribution in [0, 0.1) is 0 Å². The van der Waals surface area contributed by atoms with Gasteiger partial charge in [0.1, 0.15) is 0 Å². The third-order valence-electron chi connectivity index (χ3n) is 0.612. The molecular weight excluding hydrogens is 288 g/mol. The van der Waals surface area contributed by atoms with E-state index in [1.165, 1.54) is 0 Å². The normalized spacial score (nSPS) is 13.2. The van der Waals surface area contributed by atoms with E-state index in [-0.39, 0.29) is 0 Å². The maximum absolute atomic E-state index is 10.1. The van der Waals surface area contributed by atoms with Crippen LogP contribution in [0.1, 0.15) is 0 Å². The molecule has 0 unspecified atom stereocenters. The van der Waals surface area contributed by atoms with Gasteiger partial charge in [-0.3, -0.25) is 0 Å². The fraction of sp³-hybridized carbons (Fsp3) is 0.667. The van der Waals surface area contributed by atoms with Crippen molar-refractivity contribution in [2.45, 2.75) is 11.4 Å².